The highest BCUT2D eigenvalue weighted by Crippen LogP contribution is 2.22. The molecule has 3 rings (SSSR count). The van der Waals surface area contributed by atoms with Crippen LogP contribution in [0.15, 0.2) is 24.5 Å². The number of rotatable bonds is 5. The Labute approximate surface area is 123 Å². The number of methoxy groups -OCH3 is 1. The van der Waals surface area contributed by atoms with E-state index in [0.717, 1.165) is 43.6 Å². The largest absolute Gasteiger partial charge is 0.383 e. The molecule has 112 valence electrons. The molecule has 1 atom stereocenters. The van der Waals surface area contributed by atoms with Gasteiger partial charge in [0, 0.05) is 38.2 Å². The molecule has 1 aromatic heterocycles. The molecule has 0 amide bonds. The SMILES string of the molecule is COCCN1CCC(Nc2ncnc3ccc(F)cc23)C1. The Kier molecular flexibility index (Phi) is 4.26. The number of nitrogens with one attached hydrogen (secondary N) is 1. The maximum absolute atomic E-state index is 13.4. The van der Waals surface area contributed by atoms with Crippen LogP contribution >= 0.6 is 0 Å². The van der Waals surface area contributed by atoms with Gasteiger partial charge in [-0.3, -0.25) is 4.90 Å². The number of nitrogens with zero attached hydrogens (tertiary/aromatic N) is 3. The molecule has 0 aliphatic carbocycles. The smallest absolute Gasteiger partial charge is 0.137 e. The fourth-order valence-corrected chi connectivity index (χ4v) is 2.71. The summed E-state index contributed by atoms with van der Waals surface area (Å²) in [6, 6.07) is 4.90. The van der Waals surface area contributed by atoms with E-state index in [9.17, 15) is 4.39 Å². The molecule has 5 nitrogen and oxygen atoms in total. The van der Waals surface area contributed by atoms with Crippen molar-refractivity contribution in [1.29, 1.82) is 0 Å². The van der Waals surface area contributed by atoms with Crippen molar-refractivity contribution in [2.75, 3.05) is 38.7 Å². The second-order valence-corrected chi connectivity index (χ2v) is 5.31. The maximum Gasteiger partial charge on any atom is 0.137 e. The maximum atomic E-state index is 13.4. The number of benzene rings is 1. The van der Waals surface area contributed by atoms with E-state index in [0.29, 0.717) is 11.9 Å². The monoisotopic (exact) mass is 290 g/mol. The third-order valence-electron chi connectivity index (χ3n) is 3.82. The lowest BCUT2D eigenvalue weighted by atomic mass is 10.2. The quantitative estimate of drug-likeness (QED) is 0.911. The van der Waals surface area contributed by atoms with Crippen molar-refractivity contribution >= 4 is 16.7 Å². The second-order valence-electron chi connectivity index (χ2n) is 5.31. The van der Waals surface area contributed by atoms with Crippen molar-refractivity contribution in [3.8, 4) is 0 Å². The van der Waals surface area contributed by atoms with Gasteiger partial charge in [0.25, 0.3) is 0 Å². The van der Waals surface area contributed by atoms with E-state index < -0.39 is 0 Å². The molecule has 2 heterocycles. The van der Waals surface area contributed by atoms with Crippen molar-refractivity contribution in [2.24, 2.45) is 0 Å². The first-order valence-corrected chi connectivity index (χ1v) is 7.14. The zero-order valence-corrected chi connectivity index (χ0v) is 12.1. The number of likely N-dealkylation sites (tertiary alicyclic amines) is 1. The van der Waals surface area contributed by atoms with Gasteiger partial charge in [0.2, 0.25) is 0 Å². The van der Waals surface area contributed by atoms with Crippen molar-refractivity contribution in [1.82, 2.24) is 14.9 Å². The van der Waals surface area contributed by atoms with Gasteiger partial charge >= 0.3 is 0 Å². The van der Waals surface area contributed by atoms with Crippen LogP contribution in [0.5, 0.6) is 0 Å². The Morgan fingerprint density at radius 3 is 3.19 bits per heavy atom. The van der Waals surface area contributed by atoms with Gasteiger partial charge in [-0.15, -0.1) is 0 Å². The Morgan fingerprint density at radius 2 is 2.33 bits per heavy atom. The lowest BCUT2D eigenvalue weighted by Crippen LogP contribution is -2.29. The summed E-state index contributed by atoms with van der Waals surface area (Å²) in [4.78, 5) is 10.8. The summed E-state index contributed by atoms with van der Waals surface area (Å²) in [5, 5.41) is 4.15. The summed E-state index contributed by atoms with van der Waals surface area (Å²) in [7, 11) is 1.72. The highest BCUT2D eigenvalue weighted by atomic mass is 19.1. The third kappa shape index (κ3) is 3.28. The molecule has 0 spiro atoms. The normalized spacial score (nSPS) is 19.2. The first kappa shape index (κ1) is 14.2. The predicted molar refractivity (Wildman–Crippen MR) is 79.8 cm³/mol. The summed E-state index contributed by atoms with van der Waals surface area (Å²) >= 11 is 0. The summed E-state index contributed by atoms with van der Waals surface area (Å²) in [5.41, 5.74) is 0.753. The first-order valence-electron chi connectivity index (χ1n) is 7.14. The molecule has 21 heavy (non-hydrogen) atoms. The number of aromatic nitrogens is 2. The van der Waals surface area contributed by atoms with Crippen molar-refractivity contribution in [3.63, 3.8) is 0 Å². The van der Waals surface area contributed by atoms with Crippen molar-refractivity contribution < 1.29 is 9.13 Å². The van der Waals surface area contributed by atoms with Gasteiger partial charge in [-0.05, 0) is 24.6 Å². The fraction of sp³-hybridized carbons (Fsp3) is 0.467. The number of anilines is 1. The van der Waals surface area contributed by atoms with Crippen LogP contribution in [0.3, 0.4) is 0 Å². The van der Waals surface area contributed by atoms with Gasteiger partial charge in [-0.25, -0.2) is 14.4 Å². The minimum Gasteiger partial charge on any atom is -0.383 e. The van der Waals surface area contributed by atoms with Crippen LogP contribution in [0.1, 0.15) is 6.42 Å². The molecular formula is C15H19FN4O. The molecule has 1 unspecified atom stereocenters. The number of ether oxygens (including phenoxy) is 1. The zero-order valence-electron chi connectivity index (χ0n) is 12.1. The highest BCUT2D eigenvalue weighted by Gasteiger charge is 2.22. The minimum absolute atomic E-state index is 0.270. The van der Waals surface area contributed by atoms with Gasteiger partial charge in [0.15, 0.2) is 0 Å². The Balaban J connectivity index is 1.72. The first-order chi connectivity index (χ1) is 10.3. The number of hydrogen-bond donors (Lipinski definition) is 1. The number of halogens is 1. The van der Waals surface area contributed by atoms with Crippen LogP contribution in [0, 0.1) is 5.82 Å². The molecule has 1 fully saturated rings. The third-order valence-corrected chi connectivity index (χ3v) is 3.82. The van der Waals surface area contributed by atoms with Gasteiger partial charge in [0.05, 0.1) is 12.1 Å². The average Bonchev–Trinajstić information content (AvgIpc) is 2.93. The molecule has 1 aliphatic heterocycles. The van der Waals surface area contributed by atoms with Crippen molar-refractivity contribution in [2.45, 2.75) is 12.5 Å². The number of fused-ring (bicyclic) bond motifs is 1. The standard InChI is InChI=1S/C15H19FN4O/c1-21-7-6-20-5-4-12(9-20)19-15-13-8-11(16)2-3-14(13)17-10-18-15/h2-3,8,10,12H,4-7,9H2,1H3,(H,17,18,19). The summed E-state index contributed by atoms with van der Waals surface area (Å²) in [6.07, 6.45) is 2.56. The summed E-state index contributed by atoms with van der Waals surface area (Å²) < 4.78 is 18.5. The molecule has 2 aromatic rings. The molecule has 0 radical (unpaired) electrons. The van der Waals surface area contributed by atoms with Gasteiger partial charge < -0.3 is 10.1 Å². The molecule has 1 aliphatic rings. The van der Waals surface area contributed by atoms with Crippen LogP contribution in [0.4, 0.5) is 10.2 Å². The van der Waals surface area contributed by atoms with Gasteiger partial charge in [-0.1, -0.05) is 0 Å². The van der Waals surface area contributed by atoms with Crippen LogP contribution < -0.4 is 5.32 Å². The van der Waals surface area contributed by atoms with E-state index >= 15 is 0 Å². The molecule has 6 heteroatoms. The molecule has 0 bridgehead atoms. The molecule has 1 N–H and O–H groups in total. The zero-order chi connectivity index (χ0) is 14.7. The second kappa shape index (κ2) is 6.32. The van der Waals surface area contributed by atoms with E-state index in [2.05, 4.69) is 20.2 Å². The minimum atomic E-state index is -0.270. The van der Waals surface area contributed by atoms with E-state index in [4.69, 9.17) is 4.74 Å². The average molecular weight is 290 g/mol. The lowest BCUT2D eigenvalue weighted by molar-refractivity contribution is 0.160. The molecule has 1 saturated heterocycles. The lowest BCUT2D eigenvalue weighted by Gasteiger charge is -2.17. The Bertz CT molecular complexity index is 622. The molecular weight excluding hydrogens is 271 g/mol. The van der Waals surface area contributed by atoms with E-state index in [1.54, 1.807) is 13.2 Å². The van der Waals surface area contributed by atoms with Gasteiger partial charge in [-0.2, -0.15) is 0 Å². The predicted octanol–water partition coefficient (Wildman–Crippen LogP) is 1.90. The fourth-order valence-electron chi connectivity index (χ4n) is 2.71. The van der Waals surface area contributed by atoms with Gasteiger partial charge in [0.1, 0.15) is 18.0 Å². The van der Waals surface area contributed by atoms with Crippen LogP contribution in [-0.4, -0.2) is 54.3 Å². The Hall–Kier alpha value is -1.79. The van der Waals surface area contributed by atoms with Crippen LogP contribution in [-0.2, 0) is 4.74 Å². The molecule has 0 saturated carbocycles. The van der Waals surface area contributed by atoms with Crippen LogP contribution in [0.25, 0.3) is 10.9 Å². The van der Waals surface area contributed by atoms with E-state index in [1.165, 1.54) is 18.5 Å². The number of hydrogen-bond acceptors (Lipinski definition) is 5. The summed E-state index contributed by atoms with van der Waals surface area (Å²) in [6.45, 7) is 3.67. The van der Waals surface area contributed by atoms with E-state index in [-0.39, 0.29) is 5.82 Å². The topological polar surface area (TPSA) is 50.3 Å². The highest BCUT2D eigenvalue weighted by molar-refractivity contribution is 5.88. The molecule has 1 aromatic carbocycles. The van der Waals surface area contributed by atoms with Crippen LogP contribution in [0.2, 0.25) is 0 Å². The Morgan fingerprint density at radius 1 is 1.43 bits per heavy atom. The van der Waals surface area contributed by atoms with Crippen molar-refractivity contribution in [3.05, 3.63) is 30.3 Å². The summed E-state index contributed by atoms with van der Waals surface area (Å²) in [5.74, 6) is 0.437. The van der Waals surface area contributed by atoms with E-state index in [1.807, 2.05) is 0 Å².